The van der Waals surface area contributed by atoms with Gasteiger partial charge in [-0.25, -0.2) is 4.79 Å². The first-order valence-electron chi connectivity index (χ1n) is 6.99. The Morgan fingerprint density at radius 2 is 1.95 bits per heavy atom. The summed E-state index contributed by atoms with van der Waals surface area (Å²) in [7, 11) is 1.86. The molecule has 2 aromatic heterocycles. The minimum absolute atomic E-state index is 0.00366. The van der Waals surface area contributed by atoms with E-state index >= 15 is 0 Å². The van der Waals surface area contributed by atoms with Crippen molar-refractivity contribution >= 4 is 17.4 Å². The molecule has 21 heavy (non-hydrogen) atoms. The number of rotatable bonds is 4. The number of nitrogens with one attached hydrogen (secondary N) is 2. The topological polar surface area (TPSA) is 59.0 Å². The Morgan fingerprint density at radius 3 is 2.48 bits per heavy atom. The molecule has 0 saturated heterocycles. The van der Waals surface area contributed by atoms with Gasteiger partial charge in [-0.2, -0.15) is 5.10 Å². The monoisotopic (exact) mass is 306 g/mol. The van der Waals surface area contributed by atoms with Crippen LogP contribution in [0.15, 0.2) is 18.5 Å². The lowest BCUT2D eigenvalue weighted by molar-refractivity contribution is 0.235. The van der Waals surface area contributed by atoms with Crippen LogP contribution in [0.25, 0.3) is 0 Å². The molecule has 0 saturated carbocycles. The number of hydrogen-bond acceptors (Lipinski definition) is 3. The smallest absolute Gasteiger partial charge is 0.315 e. The number of amides is 2. The highest BCUT2D eigenvalue weighted by Gasteiger charge is 2.16. The second kappa shape index (κ2) is 6.30. The third-order valence-corrected chi connectivity index (χ3v) is 4.45. The van der Waals surface area contributed by atoms with Gasteiger partial charge in [0.15, 0.2) is 0 Å². The van der Waals surface area contributed by atoms with Crippen LogP contribution in [-0.4, -0.2) is 15.8 Å². The summed E-state index contributed by atoms with van der Waals surface area (Å²) >= 11 is 1.76. The van der Waals surface area contributed by atoms with Crippen molar-refractivity contribution in [3.8, 4) is 0 Å². The van der Waals surface area contributed by atoms with Gasteiger partial charge in [0.2, 0.25) is 0 Å². The summed E-state index contributed by atoms with van der Waals surface area (Å²) in [4.78, 5) is 14.6. The first kappa shape index (κ1) is 15.6. The molecule has 5 nitrogen and oxygen atoms in total. The minimum atomic E-state index is -0.165. The number of aryl methyl sites for hydroxylation is 3. The van der Waals surface area contributed by atoms with Gasteiger partial charge in [0, 0.05) is 28.6 Å². The predicted octanol–water partition coefficient (Wildman–Crippen LogP) is 3.22. The molecule has 0 aliphatic heterocycles. The maximum Gasteiger partial charge on any atom is 0.315 e. The Bertz CT molecular complexity index is 631. The molecule has 0 aliphatic rings. The molecule has 6 heteroatoms. The lowest BCUT2D eigenvalue weighted by atomic mass is 10.1. The van der Waals surface area contributed by atoms with Crippen LogP contribution in [0.5, 0.6) is 0 Å². The van der Waals surface area contributed by atoms with Crippen LogP contribution < -0.4 is 10.6 Å². The van der Waals surface area contributed by atoms with Crippen LogP contribution >= 0.6 is 11.3 Å². The van der Waals surface area contributed by atoms with Crippen molar-refractivity contribution in [2.24, 2.45) is 7.05 Å². The second-order valence-corrected chi connectivity index (χ2v) is 6.84. The number of thiophene rings is 1. The largest absolute Gasteiger partial charge is 0.332 e. The fourth-order valence-corrected chi connectivity index (χ4v) is 3.36. The molecule has 2 amide bonds. The molecule has 2 aromatic rings. The molecule has 2 rings (SSSR count). The molecule has 2 heterocycles. The van der Waals surface area contributed by atoms with E-state index in [1.807, 2.05) is 27.1 Å². The molecule has 0 aliphatic carbocycles. The maximum atomic E-state index is 12.1. The van der Waals surface area contributed by atoms with Crippen LogP contribution in [0.1, 0.15) is 46.8 Å². The van der Waals surface area contributed by atoms with Crippen LogP contribution in [0.2, 0.25) is 0 Å². The van der Waals surface area contributed by atoms with E-state index < -0.39 is 0 Å². The predicted molar refractivity (Wildman–Crippen MR) is 85.5 cm³/mol. The number of carbonyl (C=O) groups is 1. The summed E-state index contributed by atoms with van der Waals surface area (Å²) in [6.07, 6.45) is 3.67. The molecule has 2 N–H and O–H groups in total. The summed E-state index contributed by atoms with van der Waals surface area (Å²) < 4.78 is 1.73. The first-order chi connectivity index (χ1) is 9.86. The molecule has 0 aromatic carbocycles. The fraction of sp³-hybridized carbons (Fsp3) is 0.467. The van der Waals surface area contributed by atoms with Crippen molar-refractivity contribution in [2.45, 2.75) is 39.8 Å². The number of urea groups is 1. The SMILES string of the molecule is Cc1cc(C(C)NC(=O)NC(C)c2cnn(C)c2)c(C)s1. The molecule has 0 fully saturated rings. The van der Waals surface area contributed by atoms with Crippen molar-refractivity contribution in [1.82, 2.24) is 20.4 Å². The highest BCUT2D eigenvalue weighted by Crippen LogP contribution is 2.26. The van der Waals surface area contributed by atoms with E-state index in [1.165, 1.54) is 15.3 Å². The minimum Gasteiger partial charge on any atom is -0.332 e. The molecule has 0 bridgehead atoms. The average molecular weight is 306 g/mol. The highest BCUT2D eigenvalue weighted by atomic mass is 32.1. The third kappa shape index (κ3) is 3.85. The van der Waals surface area contributed by atoms with Crippen molar-refractivity contribution in [3.05, 3.63) is 39.3 Å². The van der Waals surface area contributed by atoms with E-state index in [-0.39, 0.29) is 18.1 Å². The Labute approximate surface area is 129 Å². The van der Waals surface area contributed by atoms with E-state index in [0.717, 1.165) is 5.56 Å². The molecule has 0 radical (unpaired) electrons. The Morgan fingerprint density at radius 1 is 1.29 bits per heavy atom. The zero-order valence-electron chi connectivity index (χ0n) is 13.1. The van der Waals surface area contributed by atoms with Gasteiger partial charge in [-0.15, -0.1) is 11.3 Å². The molecule has 0 spiro atoms. The molecule has 2 atom stereocenters. The molecular weight excluding hydrogens is 284 g/mol. The van der Waals surface area contributed by atoms with Crippen molar-refractivity contribution in [2.75, 3.05) is 0 Å². The molecule has 2 unspecified atom stereocenters. The second-order valence-electron chi connectivity index (χ2n) is 5.38. The van der Waals surface area contributed by atoms with E-state index in [9.17, 15) is 4.79 Å². The normalized spacial score (nSPS) is 13.8. The van der Waals surface area contributed by atoms with Gasteiger partial charge in [0.05, 0.1) is 18.3 Å². The number of hydrogen-bond donors (Lipinski definition) is 2. The van der Waals surface area contributed by atoms with E-state index in [2.05, 4.69) is 35.6 Å². The van der Waals surface area contributed by atoms with Crippen molar-refractivity contribution < 1.29 is 4.79 Å². The fourth-order valence-electron chi connectivity index (χ4n) is 2.34. The lowest BCUT2D eigenvalue weighted by Gasteiger charge is -2.17. The number of aromatic nitrogens is 2. The summed E-state index contributed by atoms with van der Waals surface area (Å²) in [6.45, 7) is 8.11. The lowest BCUT2D eigenvalue weighted by Crippen LogP contribution is -2.38. The summed E-state index contributed by atoms with van der Waals surface area (Å²) in [5, 5.41) is 10.0. The summed E-state index contributed by atoms with van der Waals surface area (Å²) in [5.74, 6) is 0. The van der Waals surface area contributed by atoms with Crippen LogP contribution in [0, 0.1) is 13.8 Å². The van der Waals surface area contributed by atoms with Gasteiger partial charge in [-0.1, -0.05) is 0 Å². The molecule has 114 valence electrons. The van der Waals surface area contributed by atoms with Crippen LogP contribution in [0.4, 0.5) is 4.79 Å². The summed E-state index contributed by atoms with van der Waals surface area (Å²) in [6, 6.07) is 1.89. The number of carbonyl (C=O) groups excluding carboxylic acids is 1. The van der Waals surface area contributed by atoms with Gasteiger partial charge in [-0.05, 0) is 39.3 Å². The van der Waals surface area contributed by atoms with Crippen LogP contribution in [-0.2, 0) is 7.05 Å². The van der Waals surface area contributed by atoms with Gasteiger partial charge < -0.3 is 10.6 Å². The first-order valence-corrected chi connectivity index (χ1v) is 7.81. The highest BCUT2D eigenvalue weighted by molar-refractivity contribution is 7.12. The van der Waals surface area contributed by atoms with Crippen molar-refractivity contribution in [1.29, 1.82) is 0 Å². The summed E-state index contributed by atoms with van der Waals surface area (Å²) in [5.41, 5.74) is 2.17. The quantitative estimate of drug-likeness (QED) is 0.911. The van der Waals surface area contributed by atoms with E-state index in [1.54, 1.807) is 22.2 Å². The standard InChI is InChI=1S/C15H22N4OS/c1-9-6-14(12(4)21-9)11(3)18-15(20)17-10(2)13-7-16-19(5)8-13/h6-8,10-11H,1-5H3,(H2,17,18,20). The van der Waals surface area contributed by atoms with E-state index in [4.69, 9.17) is 0 Å². The maximum absolute atomic E-state index is 12.1. The van der Waals surface area contributed by atoms with Gasteiger partial charge in [-0.3, -0.25) is 4.68 Å². The number of nitrogens with zero attached hydrogens (tertiary/aromatic N) is 2. The van der Waals surface area contributed by atoms with Gasteiger partial charge in [0.25, 0.3) is 0 Å². The Hall–Kier alpha value is -1.82. The van der Waals surface area contributed by atoms with Crippen LogP contribution in [0.3, 0.4) is 0 Å². The van der Waals surface area contributed by atoms with Gasteiger partial charge in [0.1, 0.15) is 0 Å². The molecular formula is C15H22N4OS. The third-order valence-electron chi connectivity index (χ3n) is 3.47. The van der Waals surface area contributed by atoms with Crippen molar-refractivity contribution in [3.63, 3.8) is 0 Å². The van der Waals surface area contributed by atoms with E-state index in [0.29, 0.717) is 0 Å². The zero-order valence-corrected chi connectivity index (χ0v) is 13.9. The van der Waals surface area contributed by atoms with Gasteiger partial charge >= 0.3 is 6.03 Å². The Kier molecular flexibility index (Phi) is 4.67. The Balaban J connectivity index is 1.94. The zero-order chi connectivity index (χ0) is 15.6. The average Bonchev–Trinajstić information content (AvgIpc) is 2.95.